The first-order valence-corrected chi connectivity index (χ1v) is 5.59. The van der Waals surface area contributed by atoms with Crippen LogP contribution >= 0.6 is 0 Å². The van der Waals surface area contributed by atoms with E-state index >= 15 is 0 Å². The molecule has 1 heterocycles. The lowest BCUT2D eigenvalue weighted by atomic mass is 10.2. The second-order valence-corrected chi connectivity index (χ2v) is 3.74. The molecule has 0 radical (unpaired) electrons. The van der Waals surface area contributed by atoms with Gasteiger partial charge in [0.05, 0.1) is 0 Å². The quantitative estimate of drug-likeness (QED) is 0.653. The number of hydrogen-bond acceptors (Lipinski definition) is 5. The maximum absolute atomic E-state index is 11.1. The molecule has 0 aliphatic heterocycles. The lowest BCUT2D eigenvalue weighted by molar-refractivity contribution is -0.114. The predicted molar refractivity (Wildman–Crippen MR) is 70.8 cm³/mol. The van der Waals surface area contributed by atoms with Crippen molar-refractivity contribution in [3.63, 3.8) is 0 Å². The van der Waals surface area contributed by atoms with Gasteiger partial charge in [0.15, 0.2) is 5.82 Å². The van der Waals surface area contributed by atoms with Crippen molar-refractivity contribution in [3.05, 3.63) is 42.6 Å². The Morgan fingerprint density at radius 3 is 2.74 bits per heavy atom. The fourth-order valence-corrected chi connectivity index (χ4v) is 1.43. The molecule has 0 saturated heterocycles. The third-order valence-electron chi connectivity index (χ3n) is 2.23. The highest BCUT2D eigenvalue weighted by Crippen LogP contribution is 2.34. The number of azo groups is 1. The van der Waals surface area contributed by atoms with Gasteiger partial charge in [0.1, 0.15) is 17.1 Å². The van der Waals surface area contributed by atoms with E-state index < -0.39 is 0 Å². The SMILES string of the molecule is CC(=O)Nc1c(O)cccc1N=Nc1ccccn1. The van der Waals surface area contributed by atoms with Crippen LogP contribution in [0.5, 0.6) is 5.75 Å². The zero-order valence-electron chi connectivity index (χ0n) is 10.2. The number of aromatic nitrogens is 1. The van der Waals surface area contributed by atoms with Crippen LogP contribution in [0, 0.1) is 0 Å². The minimum Gasteiger partial charge on any atom is -0.506 e. The van der Waals surface area contributed by atoms with Crippen molar-refractivity contribution in [1.82, 2.24) is 4.98 Å². The molecule has 2 rings (SSSR count). The van der Waals surface area contributed by atoms with Crippen molar-refractivity contribution in [2.45, 2.75) is 6.92 Å². The number of hydrogen-bond donors (Lipinski definition) is 2. The Bertz CT molecular complexity index is 611. The lowest BCUT2D eigenvalue weighted by Gasteiger charge is -2.07. The third kappa shape index (κ3) is 3.35. The molecule has 0 fully saturated rings. The summed E-state index contributed by atoms with van der Waals surface area (Å²) in [5, 5.41) is 20.1. The van der Waals surface area contributed by atoms with E-state index in [0.29, 0.717) is 11.5 Å². The topological polar surface area (TPSA) is 86.9 Å². The first kappa shape index (κ1) is 12.7. The molecule has 0 aliphatic carbocycles. The first-order valence-electron chi connectivity index (χ1n) is 5.59. The standard InChI is InChI=1S/C13H12N4O2/c1-9(18)15-13-10(5-4-6-11(13)19)16-17-12-7-2-3-8-14-12/h2-8,19H,1H3,(H,15,18). The number of pyridine rings is 1. The molecule has 2 N–H and O–H groups in total. The van der Waals surface area contributed by atoms with Gasteiger partial charge in [-0.25, -0.2) is 4.98 Å². The third-order valence-corrected chi connectivity index (χ3v) is 2.23. The van der Waals surface area contributed by atoms with Gasteiger partial charge >= 0.3 is 0 Å². The molecule has 96 valence electrons. The van der Waals surface area contributed by atoms with Gasteiger partial charge in [-0.3, -0.25) is 4.79 Å². The zero-order chi connectivity index (χ0) is 13.7. The Balaban J connectivity index is 2.32. The molecule has 2 aromatic rings. The van der Waals surface area contributed by atoms with Crippen LogP contribution in [0.25, 0.3) is 0 Å². The van der Waals surface area contributed by atoms with Gasteiger partial charge in [0.2, 0.25) is 5.91 Å². The Hall–Kier alpha value is -2.76. The van der Waals surface area contributed by atoms with E-state index in [4.69, 9.17) is 0 Å². The Kier molecular flexibility index (Phi) is 3.82. The summed E-state index contributed by atoms with van der Waals surface area (Å²) in [6.45, 7) is 1.35. The predicted octanol–water partition coefficient (Wildman–Crippen LogP) is 3.16. The van der Waals surface area contributed by atoms with Crippen molar-refractivity contribution in [2.24, 2.45) is 10.2 Å². The summed E-state index contributed by atoms with van der Waals surface area (Å²) in [5.74, 6) is 0.0862. The van der Waals surface area contributed by atoms with Gasteiger partial charge in [-0.05, 0) is 24.3 Å². The molecule has 0 spiro atoms. The number of carbonyl (C=O) groups excluding carboxylic acids is 1. The highest BCUT2D eigenvalue weighted by molar-refractivity contribution is 5.94. The minimum atomic E-state index is -0.296. The molecule has 0 saturated carbocycles. The lowest BCUT2D eigenvalue weighted by Crippen LogP contribution is -2.05. The normalized spacial score (nSPS) is 10.6. The number of rotatable bonds is 3. The smallest absolute Gasteiger partial charge is 0.221 e. The number of anilines is 1. The summed E-state index contributed by atoms with van der Waals surface area (Å²) in [4.78, 5) is 15.1. The second kappa shape index (κ2) is 5.72. The van der Waals surface area contributed by atoms with Crippen LogP contribution in [-0.4, -0.2) is 16.0 Å². The average Bonchev–Trinajstić information content (AvgIpc) is 2.40. The van der Waals surface area contributed by atoms with E-state index in [1.807, 2.05) is 0 Å². The Morgan fingerprint density at radius 1 is 1.21 bits per heavy atom. The van der Waals surface area contributed by atoms with E-state index in [9.17, 15) is 9.90 Å². The molecule has 1 amide bonds. The van der Waals surface area contributed by atoms with Crippen LogP contribution < -0.4 is 5.32 Å². The second-order valence-electron chi connectivity index (χ2n) is 3.74. The van der Waals surface area contributed by atoms with Crippen LogP contribution in [0.3, 0.4) is 0 Å². The van der Waals surface area contributed by atoms with Crippen molar-refractivity contribution in [1.29, 1.82) is 0 Å². The van der Waals surface area contributed by atoms with E-state index in [1.165, 1.54) is 13.0 Å². The average molecular weight is 256 g/mol. The van der Waals surface area contributed by atoms with Crippen LogP contribution in [0.2, 0.25) is 0 Å². The number of nitrogens with one attached hydrogen (secondary N) is 1. The van der Waals surface area contributed by atoms with Crippen LogP contribution in [0.15, 0.2) is 52.8 Å². The van der Waals surface area contributed by atoms with E-state index in [0.717, 1.165) is 0 Å². The van der Waals surface area contributed by atoms with Crippen LogP contribution in [0.1, 0.15) is 6.92 Å². The van der Waals surface area contributed by atoms with Gasteiger partial charge < -0.3 is 10.4 Å². The van der Waals surface area contributed by atoms with Crippen molar-refractivity contribution >= 4 is 23.1 Å². The molecule has 0 unspecified atom stereocenters. The van der Waals surface area contributed by atoms with Crippen LogP contribution in [-0.2, 0) is 4.79 Å². The van der Waals surface area contributed by atoms with Gasteiger partial charge in [0.25, 0.3) is 0 Å². The summed E-state index contributed by atoms with van der Waals surface area (Å²) in [5.41, 5.74) is 0.593. The number of aromatic hydroxyl groups is 1. The van der Waals surface area contributed by atoms with Gasteiger partial charge in [-0.15, -0.1) is 10.2 Å². The maximum Gasteiger partial charge on any atom is 0.221 e. The number of carbonyl (C=O) groups is 1. The number of phenolic OH excluding ortho intramolecular Hbond substituents is 1. The molecule has 1 aromatic carbocycles. The molecule has 0 aliphatic rings. The van der Waals surface area contributed by atoms with E-state index in [-0.39, 0.29) is 17.3 Å². The summed E-state index contributed by atoms with van der Waals surface area (Å²) >= 11 is 0. The van der Waals surface area contributed by atoms with Crippen LogP contribution in [0.4, 0.5) is 17.2 Å². The molecule has 6 nitrogen and oxygen atoms in total. The van der Waals surface area contributed by atoms with E-state index in [1.54, 1.807) is 36.5 Å². The number of phenols is 1. The fourth-order valence-electron chi connectivity index (χ4n) is 1.43. The monoisotopic (exact) mass is 256 g/mol. The molecule has 0 atom stereocenters. The molecule has 6 heteroatoms. The molecular weight excluding hydrogens is 244 g/mol. The van der Waals surface area contributed by atoms with Gasteiger partial charge in [-0.2, -0.15) is 0 Å². The molecule has 19 heavy (non-hydrogen) atoms. The minimum absolute atomic E-state index is 0.0623. The summed E-state index contributed by atoms with van der Waals surface area (Å²) in [6.07, 6.45) is 1.60. The zero-order valence-corrected chi connectivity index (χ0v) is 10.2. The number of benzene rings is 1. The van der Waals surface area contributed by atoms with Crippen molar-refractivity contribution < 1.29 is 9.90 Å². The maximum atomic E-state index is 11.1. The van der Waals surface area contributed by atoms with Gasteiger partial charge in [0, 0.05) is 13.1 Å². The summed E-state index contributed by atoms with van der Waals surface area (Å²) in [6, 6.07) is 9.98. The Labute approximate surface area is 109 Å². The number of para-hydroxylation sites is 1. The van der Waals surface area contributed by atoms with Crippen molar-refractivity contribution in [2.75, 3.05) is 5.32 Å². The van der Waals surface area contributed by atoms with Gasteiger partial charge in [-0.1, -0.05) is 12.1 Å². The first-order chi connectivity index (χ1) is 9.16. The molecule has 1 aromatic heterocycles. The Morgan fingerprint density at radius 2 is 2.05 bits per heavy atom. The number of amides is 1. The highest BCUT2D eigenvalue weighted by atomic mass is 16.3. The number of nitrogens with zero attached hydrogens (tertiary/aromatic N) is 3. The largest absolute Gasteiger partial charge is 0.506 e. The fraction of sp³-hybridized carbons (Fsp3) is 0.0769. The summed E-state index contributed by atoms with van der Waals surface area (Å²) in [7, 11) is 0. The van der Waals surface area contributed by atoms with Crippen molar-refractivity contribution in [3.8, 4) is 5.75 Å². The highest BCUT2D eigenvalue weighted by Gasteiger charge is 2.08. The summed E-state index contributed by atoms with van der Waals surface area (Å²) < 4.78 is 0. The molecular formula is C13H12N4O2. The molecule has 0 bridgehead atoms. The van der Waals surface area contributed by atoms with E-state index in [2.05, 4.69) is 20.5 Å².